The Hall–Kier alpha value is -7.06. The Morgan fingerprint density at radius 1 is 0.280 bits per heavy atom. The number of benzene rings is 12. The van der Waals surface area contributed by atoms with Crippen LogP contribution in [0.3, 0.4) is 0 Å². The van der Waals surface area contributed by atoms with Gasteiger partial charge in [0.05, 0.1) is 0 Å². The number of thiophene rings is 2. The Morgan fingerprint density at radius 3 is 1.01 bits per heavy atom. The van der Waals surface area contributed by atoms with Crippen LogP contribution in [0.5, 0.6) is 0 Å². The second-order valence-electron chi connectivity index (χ2n) is 20.1. The third kappa shape index (κ3) is 10.8. The van der Waals surface area contributed by atoms with Gasteiger partial charge < -0.3 is 10.0 Å². The van der Waals surface area contributed by atoms with Crippen LogP contribution in [-0.2, 0) is 0 Å². The third-order valence-corrected chi connectivity index (χ3v) is 28.8. The van der Waals surface area contributed by atoms with E-state index in [9.17, 15) is 10.0 Å². The lowest BCUT2D eigenvalue weighted by atomic mass is 9.80. The molecule has 0 radical (unpaired) electrons. The predicted molar refractivity (Wildman–Crippen MR) is 371 cm³/mol. The number of fused-ring (bicyclic) bond motifs is 6. The molecule has 0 saturated heterocycles. The lowest BCUT2D eigenvalue weighted by molar-refractivity contribution is 0.426. The van der Waals surface area contributed by atoms with Gasteiger partial charge in [-0.1, -0.05) is 303 Å². The second-order valence-corrected chi connectivity index (χ2v) is 32.5. The number of hydrogen-bond acceptors (Lipinski definition) is 4. The van der Waals surface area contributed by atoms with E-state index in [4.69, 9.17) is 0 Å². The summed E-state index contributed by atoms with van der Waals surface area (Å²) in [7, 11) is -6.45. The van der Waals surface area contributed by atoms with Crippen molar-refractivity contribution in [2.45, 2.75) is 0 Å². The SMILES string of the molecule is Brc1cccc([Si](c2ccccc2)(c2ccccc2)c2cccc(-c3cccc4c3sc3ccccc34)c2)c1.Brc1cccc([Si](c2ccccc2)(c2ccccc2)c2cccc(Br)c2)c1.OB(O)c1cccc2c1sc1ccccc12. The largest absolute Gasteiger partial charge is 0.489 e. The van der Waals surface area contributed by atoms with E-state index in [2.05, 4.69) is 315 Å². The van der Waals surface area contributed by atoms with Crippen molar-refractivity contribution in [3.8, 4) is 11.1 Å². The van der Waals surface area contributed by atoms with Crippen molar-refractivity contribution < 1.29 is 10.0 Å². The van der Waals surface area contributed by atoms with Gasteiger partial charge in [-0.25, -0.2) is 0 Å². The summed E-state index contributed by atoms with van der Waals surface area (Å²) in [6, 6.07) is 109. The van der Waals surface area contributed by atoms with Crippen molar-refractivity contribution in [2.75, 3.05) is 0 Å². The lowest BCUT2D eigenvalue weighted by Gasteiger charge is -2.34. The molecule has 0 saturated carbocycles. The van der Waals surface area contributed by atoms with Gasteiger partial charge in [0.1, 0.15) is 0 Å². The first-order valence-electron chi connectivity index (χ1n) is 27.0. The van der Waals surface area contributed by atoms with Crippen molar-refractivity contribution in [2.24, 2.45) is 0 Å². The van der Waals surface area contributed by atoms with E-state index in [0.29, 0.717) is 5.46 Å². The highest BCUT2D eigenvalue weighted by molar-refractivity contribution is 9.11. The van der Waals surface area contributed by atoms with Crippen LogP contribution >= 0.6 is 70.5 Å². The molecule has 0 atom stereocenters. The van der Waals surface area contributed by atoms with Gasteiger partial charge in [-0.15, -0.1) is 22.7 Å². The highest BCUT2D eigenvalue weighted by Gasteiger charge is 2.43. The quantitative estimate of drug-likeness (QED) is 0.106. The molecule has 14 rings (SSSR count). The topological polar surface area (TPSA) is 40.5 Å². The molecule has 0 aliphatic rings. The van der Waals surface area contributed by atoms with Crippen molar-refractivity contribution in [1.82, 2.24) is 0 Å². The minimum Gasteiger partial charge on any atom is -0.423 e. The first-order chi connectivity index (χ1) is 40.2. The van der Waals surface area contributed by atoms with Crippen LogP contribution in [0.4, 0.5) is 0 Å². The summed E-state index contributed by atoms with van der Waals surface area (Å²) < 4.78 is 8.14. The molecule has 0 amide bonds. The van der Waals surface area contributed by atoms with E-state index in [1.165, 1.54) is 82.9 Å². The Balaban J connectivity index is 0.000000133. The molecular weight excluding hydrogens is 1270 g/mol. The van der Waals surface area contributed by atoms with Crippen LogP contribution in [0, 0.1) is 0 Å². The Morgan fingerprint density at radius 2 is 0.598 bits per heavy atom. The van der Waals surface area contributed by atoms with Gasteiger partial charge in [-0.05, 0) is 112 Å². The minimum atomic E-state index is -2.62. The first-order valence-corrected chi connectivity index (χ1v) is 35.0. The highest BCUT2D eigenvalue weighted by atomic mass is 79.9. The molecule has 0 unspecified atom stereocenters. The minimum absolute atomic E-state index is 0.582. The summed E-state index contributed by atoms with van der Waals surface area (Å²) in [6.45, 7) is 0. The van der Waals surface area contributed by atoms with Crippen molar-refractivity contribution in [3.05, 3.63) is 317 Å². The smallest absolute Gasteiger partial charge is 0.423 e. The van der Waals surface area contributed by atoms with Gasteiger partial charge in [-0.2, -0.15) is 0 Å². The fraction of sp³-hybridized carbons (Fsp3) is 0. The Bertz CT molecular complexity index is 4380. The van der Waals surface area contributed by atoms with Crippen LogP contribution in [0.1, 0.15) is 0 Å². The molecule has 0 spiro atoms. The van der Waals surface area contributed by atoms with Crippen molar-refractivity contribution in [3.63, 3.8) is 0 Å². The van der Waals surface area contributed by atoms with Gasteiger partial charge in [0.25, 0.3) is 0 Å². The van der Waals surface area contributed by atoms with Crippen LogP contribution < -0.4 is 47.0 Å². The molecule has 12 aromatic carbocycles. The maximum Gasteiger partial charge on any atom is 0.489 e. The first kappa shape index (κ1) is 55.5. The number of hydrogen-bond donors (Lipinski definition) is 2. The predicted octanol–water partition coefficient (Wildman–Crippen LogP) is 14.2. The fourth-order valence-corrected chi connectivity index (χ4v) is 25.7. The summed E-state index contributed by atoms with van der Waals surface area (Å²) >= 11 is 14.7. The molecule has 0 fully saturated rings. The van der Waals surface area contributed by atoms with E-state index in [1.54, 1.807) is 17.4 Å². The van der Waals surface area contributed by atoms with Crippen LogP contribution in [0.15, 0.2) is 317 Å². The molecule has 0 aliphatic heterocycles. The molecule has 14 aromatic rings. The normalized spacial score (nSPS) is 11.5. The van der Waals surface area contributed by atoms with E-state index in [0.717, 1.165) is 23.5 Å². The van der Waals surface area contributed by atoms with Gasteiger partial charge in [0, 0.05) is 48.4 Å². The van der Waals surface area contributed by atoms with Crippen LogP contribution in [0.2, 0.25) is 0 Å². The second kappa shape index (κ2) is 24.8. The summed E-state index contributed by atoms with van der Waals surface area (Å²) in [5.41, 5.74) is 3.15. The van der Waals surface area contributed by atoms with Gasteiger partial charge in [0.15, 0.2) is 16.1 Å². The van der Waals surface area contributed by atoms with Crippen LogP contribution in [0.25, 0.3) is 51.5 Å². The Kier molecular flexibility index (Phi) is 16.8. The molecule has 0 aliphatic carbocycles. The van der Waals surface area contributed by atoms with Crippen LogP contribution in [-0.4, -0.2) is 33.3 Å². The third-order valence-electron chi connectivity index (χ3n) is 15.3. The lowest BCUT2D eigenvalue weighted by Crippen LogP contribution is -2.74. The standard InChI is InChI=1S/C36H25BrSSi.C24H18Br2Si.C12H9BO2S/c37-27-13-10-19-31(25-27)39(28-14-3-1-4-15-28,29-16-5-2-6-17-29)30-18-9-12-26(24-30)32-21-11-22-34-33-20-7-8-23-35(33)38-36(32)34;25-19-9-7-15-23(17-19)27(21-11-3-1-4-12-21,22-13-5-2-6-14-22)24-16-8-10-20(26)18-24;14-13(15)10-6-3-5-9-8-4-1-2-7-11(8)16-12(9)10/h1-25H;1-18H;1-7,14-15H. The van der Waals surface area contributed by atoms with Gasteiger partial charge in [0.2, 0.25) is 0 Å². The number of rotatable bonds is 10. The molecule has 396 valence electrons. The van der Waals surface area contributed by atoms with Crippen molar-refractivity contribution in [1.29, 1.82) is 0 Å². The summed E-state index contributed by atoms with van der Waals surface area (Å²) in [6.07, 6.45) is 0. The van der Waals surface area contributed by atoms with Gasteiger partial charge in [-0.3, -0.25) is 0 Å². The molecular formula is C72H52BBr3O2S2Si2. The average molecular weight is 1320 g/mol. The van der Waals surface area contributed by atoms with E-state index in [1.807, 2.05) is 41.7 Å². The Labute approximate surface area is 514 Å². The van der Waals surface area contributed by atoms with Crippen molar-refractivity contribution >= 4 is 181 Å². The molecule has 2 nitrogen and oxygen atoms in total. The maximum absolute atomic E-state index is 9.31. The monoisotopic (exact) mass is 1320 g/mol. The molecule has 82 heavy (non-hydrogen) atoms. The molecule has 2 N–H and O–H groups in total. The van der Waals surface area contributed by atoms with Gasteiger partial charge >= 0.3 is 7.12 Å². The zero-order valence-electron chi connectivity index (χ0n) is 44.3. The zero-order valence-corrected chi connectivity index (χ0v) is 52.7. The van der Waals surface area contributed by atoms with E-state index < -0.39 is 23.3 Å². The van der Waals surface area contributed by atoms with E-state index >= 15 is 0 Å². The molecule has 2 aromatic heterocycles. The summed E-state index contributed by atoms with van der Waals surface area (Å²) in [5, 5.41) is 34.6. The van der Waals surface area contributed by atoms with E-state index in [-0.39, 0.29) is 0 Å². The maximum atomic E-state index is 9.31. The molecule has 0 bridgehead atoms. The molecule has 10 heteroatoms. The fourth-order valence-electron chi connectivity index (χ4n) is 11.8. The highest BCUT2D eigenvalue weighted by Crippen LogP contribution is 2.40. The zero-order chi connectivity index (χ0) is 56.0. The average Bonchev–Trinajstić information content (AvgIpc) is 3.24. The summed E-state index contributed by atoms with van der Waals surface area (Å²) in [4.78, 5) is 0. The molecule has 2 heterocycles. The number of halogens is 3. The summed E-state index contributed by atoms with van der Waals surface area (Å²) in [5.74, 6) is 0.